The molecule has 9 heteroatoms. The summed E-state index contributed by atoms with van der Waals surface area (Å²) in [5.41, 5.74) is 1.97. The molecule has 2 aromatic rings. The molecule has 1 aliphatic carbocycles. The molecule has 0 saturated carbocycles. The van der Waals surface area contributed by atoms with Crippen molar-refractivity contribution in [2.45, 2.75) is 77.2 Å². The molecule has 36 heavy (non-hydrogen) atoms. The third-order valence-corrected chi connectivity index (χ3v) is 9.80. The van der Waals surface area contributed by atoms with Gasteiger partial charge in [-0.3, -0.25) is 9.59 Å². The minimum atomic E-state index is -3.10. The van der Waals surface area contributed by atoms with Gasteiger partial charge in [0.15, 0.2) is 9.84 Å². The van der Waals surface area contributed by atoms with Crippen LogP contribution in [0.25, 0.3) is 0 Å². The molecule has 1 unspecified atom stereocenters. The number of rotatable bonds is 11. The van der Waals surface area contributed by atoms with Crippen molar-refractivity contribution >= 4 is 38.0 Å². The Morgan fingerprint density at radius 1 is 1.03 bits per heavy atom. The molecular formula is C27H36N2O5S2. The van der Waals surface area contributed by atoms with E-state index in [0.29, 0.717) is 29.2 Å². The van der Waals surface area contributed by atoms with Crippen LogP contribution in [0, 0.1) is 0 Å². The summed E-state index contributed by atoms with van der Waals surface area (Å²) in [6, 6.07) is 6.68. The summed E-state index contributed by atoms with van der Waals surface area (Å²) in [4.78, 5) is 27.4. The molecule has 1 fully saturated rings. The number of amides is 2. The van der Waals surface area contributed by atoms with Gasteiger partial charge >= 0.3 is 0 Å². The van der Waals surface area contributed by atoms with E-state index in [0.717, 1.165) is 54.7 Å². The Hall–Kier alpha value is -2.39. The third kappa shape index (κ3) is 6.88. The number of carbonyl (C=O) groups excluding carboxylic acids is 2. The number of hydrogen-bond acceptors (Lipinski definition) is 6. The summed E-state index contributed by atoms with van der Waals surface area (Å²) in [6.07, 6.45) is 10.0. The Morgan fingerprint density at radius 2 is 1.78 bits per heavy atom. The van der Waals surface area contributed by atoms with E-state index in [1.54, 1.807) is 24.3 Å². The molecule has 2 heterocycles. The summed E-state index contributed by atoms with van der Waals surface area (Å²) in [5, 5.41) is 6.40. The molecule has 1 saturated heterocycles. The summed E-state index contributed by atoms with van der Waals surface area (Å²) in [6.45, 7) is 2.86. The molecule has 4 rings (SSSR count). The summed E-state index contributed by atoms with van der Waals surface area (Å²) >= 11 is 1.46. The van der Waals surface area contributed by atoms with Crippen molar-refractivity contribution in [3.8, 4) is 5.75 Å². The van der Waals surface area contributed by atoms with Crippen molar-refractivity contribution in [1.82, 2.24) is 5.32 Å². The molecule has 1 aromatic heterocycles. The maximum atomic E-state index is 13.2. The molecule has 7 nitrogen and oxygen atoms in total. The molecule has 196 valence electrons. The number of thiophene rings is 1. The van der Waals surface area contributed by atoms with E-state index in [-0.39, 0.29) is 29.4 Å². The number of fused-ring (bicyclic) bond motifs is 1. The molecule has 1 aromatic carbocycles. The van der Waals surface area contributed by atoms with Crippen molar-refractivity contribution in [2.24, 2.45) is 0 Å². The molecule has 2 amide bonds. The number of nitrogens with one attached hydrogen (secondary N) is 2. The Morgan fingerprint density at radius 3 is 2.50 bits per heavy atom. The van der Waals surface area contributed by atoms with Crippen molar-refractivity contribution in [3.05, 3.63) is 45.8 Å². The van der Waals surface area contributed by atoms with Gasteiger partial charge < -0.3 is 15.4 Å². The minimum absolute atomic E-state index is 0.0279. The molecule has 0 radical (unpaired) electrons. The van der Waals surface area contributed by atoms with Gasteiger partial charge in [-0.05, 0) is 68.4 Å². The Labute approximate surface area is 217 Å². The highest BCUT2D eigenvalue weighted by Crippen LogP contribution is 2.38. The zero-order chi connectivity index (χ0) is 25.5. The first kappa shape index (κ1) is 26.7. The number of benzene rings is 1. The number of aryl methyl sites for hydroxylation is 1. The van der Waals surface area contributed by atoms with Crippen molar-refractivity contribution in [3.63, 3.8) is 0 Å². The number of hydrogen-bond donors (Lipinski definition) is 2. The average Bonchev–Trinajstić information content (AvgIpc) is 3.40. The second-order valence-electron chi connectivity index (χ2n) is 9.73. The molecule has 1 atom stereocenters. The molecule has 2 aliphatic rings. The topological polar surface area (TPSA) is 102 Å². The predicted octanol–water partition coefficient (Wildman–Crippen LogP) is 5.15. The number of anilines is 1. The number of sulfone groups is 1. The quantitative estimate of drug-likeness (QED) is 0.390. The zero-order valence-electron chi connectivity index (χ0n) is 20.9. The average molecular weight is 533 g/mol. The first-order chi connectivity index (χ1) is 17.4. The van der Waals surface area contributed by atoms with Crippen LogP contribution in [-0.4, -0.2) is 44.4 Å². The lowest BCUT2D eigenvalue weighted by atomic mass is 9.95. The molecule has 0 spiro atoms. The number of carbonyl (C=O) groups is 2. The smallest absolute Gasteiger partial charge is 0.256 e. The van der Waals surface area contributed by atoms with Crippen molar-refractivity contribution in [1.29, 1.82) is 0 Å². The van der Waals surface area contributed by atoms with Gasteiger partial charge in [0, 0.05) is 16.5 Å². The van der Waals surface area contributed by atoms with Gasteiger partial charge in [0.2, 0.25) is 0 Å². The zero-order valence-corrected chi connectivity index (χ0v) is 22.6. The first-order valence-corrected chi connectivity index (χ1v) is 15.7. The molecule has 0 bridgehead atoms. The van der Waals surface area contributed by atoms with Crippen molar-refractivity contribution in [2.75, 3.05) is 23.4 Å². The first-order valence-electron chi connectivity index (χ1n) is 13.1. The van der Waals surface area contributed by atoms with Crippen LogP contribution < -0.4 is 15.4 Å². The predicted molar refractivity (Wildman–Crippen MR) is 144 cm³/mol. The van der Waals surface area contributed by atoms with Crippen molar-refractivity contribution < 1.29 is 22.7 Å². The van der Waals surface area contributed by atoms with Crippen LogP contribution in [0.15, 0.2) is 24.3 Å². The van der Waals surface area contributed by atoms with Gasteiger partial charge in [0.25, 0.3) is 11.8 Å². The molecule has 2 N–H and O–H groups in total. The second-order valence-corrected chi connectivity index (χ2v) is 13.1. The lowest BCUT2D eigenvalue weighted by Gasteiger charge is -2.15. The van der Waals surface area contributed by atoms with Gasteiger partial charge in [-0.2, -0.15) is 0 Å². The highest BCUT2D eigenvalue weighted by molar-refractivity contribution is 7.91. The standard InChI is InChI=1S/C27H36N2O5S2/c1-2-3-4-5-8-16-34-21-13-11-19(12-14-21)25(30)29-27-24(22-9-6-7-10-23(22)35-27)26(31)28-20-15-17-36(32,33)18-20/h11-14,20H,2-10,15-18H2,1H3,(H,28,31)(H,29,30). The SMILES string of the molecule is CCCCCCCOc1ccc(C(=O)Nc2sc3c(c2C(=O)NC2CCS(=O)(=O)C2)CCCC3)cc1. The van der Waals surface area contributed by atoms with Gasteiger partial charge in [0.05, 0.1) is 23.7 Å². The van der Waals surface area contributed by atoms with E-state index in [1.807, 2.05) is 0 Å². The number of ether oxygens (including phenoxy) is 1. The summed E-state index contributed by atoms with van der Waals surface area (Å²) in [7, 11) is -3.10. The second kappa shape index (κ2) is 12.2. The summed E-state index contributed by atoms with van der Waals surface area (Å²) in [5.74, 6) is 0.230. The fourth-order valence-corrected chi connectivity index (χ4v) is 7.79. The fraction of sp³-hybridized carbons (Fsp3) is 0.556. The van der Waals surface area contributed by atoms with Crippen LogP contribution in [-0.2, 0) is 22.7 Å². The monoisotopic (exact) mass is 532 g/mol. The van der Waals surface area contributed by atoms with Crippen LogP contribution in [0.1, 0.15) is 89.4 Å². The van der Waals surface area contributed by atoms with E-state index >= 15 is 0 Å². The van der Waals surface area contributed by atoms with E-state index < -0.39 is 9.84 Å². The molecule has 1 aliphatic heterocycles. The van der Waals surface area contributed by atoms with E-state index in [4.69, 9.17) is 4.74 Å². The van der Waals surface area contributed by atoms with Gasteiger partial charge in [-0.15, -0.1) is 11.3 Å². The van der Waals surface area contributed by atoms with E-state index in [9.17, 15) is 18.0 Å². The Bertz CT molecular complexity index is 1170. The van der Waals surface area contributed by atoms with Crippen LogP contribution in [0.3, 0.4) is 0 Å². The lowest BCUT2D eigenvalue weighted by molar-refractivity contribution is 0.0941. The van der Waals surface area contributed by atoms with E-state index in [2.05, 4.69) is 17.6 Å². The van der Waals surface area contributed by atoms with Crippen LogP contribution in [0.4, 0.5) is 5.00 Å². The third-order valence-electron chi connectivity index (χ3n) is 6.83. The van der Waals surface area contributed by atoms with Crippen LogP contribution in [0.2, 0.25) is 0 Å². The summed E-state index contributed by atoms with van der Waals surface area (Å²) < 4.78 is 29.5. The minimum Gasteiger partial charge on any atom is -0.494 e. The number of unbranched alkanes of at least 4 members (excludes halogenated alkanes) is 4. The highest BCUT2D eigenvalue weighted by atomic mass is 32.2. The van der Waals surface area contributed by atoms with E-state index in [1.165, 1.54) is 30.6 Å². The van der Waals surface area contributed by atoms with Gasteiger partial charge in [-0.25, -0.2) is 8.42 Å². The maximum Gasteiger partial charge on any atom is 0.256 e. The lowest BCUT2D eigenvalue weighted by Crippen LogP contribution is -2.36. The highest BCUT2D eigenvalue weighted by Gasteiger charge is 2.32. The Balaban J connectivity index is 1.41. The molecular weight excluding hydrogens is 496 g/mol. The van der Waals surface area contributed by atoms with Crippen LogP contribution >= 0.6 is 11.3 Å². The van der Waals surface area contributed by atoms with Gasteiger partial charge in [0.1, 0.15) is 10.8 Å². The van der Waals surface area contributed by atoms with Gasteiger partial charge in [-0.1, -0.05) is 32.6 Å². The Kier molecular flexibility index (Phi) is 9.06. The normalized spacial score (nSPS) is 18.4. The fourth-order valence-electron chi connectivity index (χ4n) is 4.83. The largest absolute Gasteiger partial charge is 0.494 e. The van der Waals surface area contributed by atoms with Crippen LogP contribution in [0.5, 0.6) is 5.75 Å². The maximum absolute atomic E-state index is 13.2.